The largest absolute Gasteiger partial charge is 0.480 e. The van der Waals surface area contributed by atoms with Crippen molar-refractivity contribution in [3.63, 3.8) is 0 Å². The first-order valence-corrected chi connectivity index (χ1v) is 9.38. The number of fused-ring (bicyclic) bond motifs is 1. The zero-order valence-electron chi connectivity index (χ0n) is 13.3. The van der Waals surface area contributed by atoms with Crippen LogP contribution in [-0.4, -0.2) is 38.1 Å². The first-order valence-electron chi connectivity index (χ1n) is 7.32. The maximum atomic E-state index is 12.3. The van der Waals surface area contributed by atoms with Crippen LogP contribution in [0.15, 0.2) is 36.4 Å². The molecule has 0 saturated carbocycles. The Balaban J connectivity index is 1.72. The molecule has 0 bridgehead atoms. The fourth-order valence-corrected chi connectivity index (χ4v) is 3.07. The van der Waals surface area contributed by atoms with Gasteiger partial charge in [0.25, 0.3) is 11.8 Å². The van der Waals surface area contributed by atoms with Gasteiger partial charge in [-0.1, -0.05) is 12.1 Å². The molecule has 130 valence electrons. The molecule has 2 heterocycles. The summed E-state index contributed by atoms with van der Waals surface area (Å²) in [4.78, 5) is 27.7. The van der Waals surface area contributed by atoms with Crippen LogP contribution in [0.2, 0.25) is 0 Å². The highest BCUT2D eigenvalue weighted by molar-refractivity contribution is 7.89. The fraction of sp³-hybridized carbons (Fsp3) is 0.188. The highest BCUT2D eigenvalue weighted by Crippen LogP contribution is 2.27. The summed E-state index contributed by atoms with van der Waals surface area (Å²) in [6.07, 6.45) is 1.15. The van der Waals surface area contributed by atoms with Crippen molar-refractivity contribution in [2.75, 3.05) is 23.5 Å². The summed E-state index contributed by atoms with van der Waals surface area (Å²) < 4.78 is 27.7. The molecule has 0 fully saturated rings. The standard InChI is InChI=1S/C16H15N3O5S/c1-25(22,23)9-10-2-4-11(5-3-10)16(21)18-13-7-6-12-15(17-13)19-14(20)8-24-12/h2-7H,8-9H2,1H3,(H2,17,18,19,20,21). The maximum absolute atomic E-state index is 12.3. The molecule has 0 spiro atoms. The minimum absolute atomic E-state index is 0.0692. The summed E-state index contributed by atoms with van der Waals surface area (Å²) in [5.41, 5.74) is 0.961. The Bertz CT molecular complexity index is 939. The van der Waals surface area contributed by atoms with Crippen molar-refractivity contribution in [3.8, 4) is 5.75 Å². The normalized spacial score (nSPS) is 13.4. The molecule has 0 radical (unpaired) electrons. The van der Waals surface area contributed by atoms with E-state index in [1.54, 1.807) is 36.4 Å². The molecule has 2 aromatic rings. The third kappa shape index (κ3) is 4.32. The van der Waals surface area contributed by atoms with Gasteiger partial charge in [0.2, 0.25) is 0 Å². The Morgan fingerprint density at radius 3 is 2.64 bits per heavy atom. The SMILES string of the molecule is CS(=O)(=O)Cc1ccc(C(=O)Nc2ccc3c(n2)NC(=O)CO3)cc1. The van der Waals surface area contributed by atoms with E-state index < -0.39 is 15.7 Å². The number of nitrogens with zero attached hydrogens (tertiary/aromatic N) is 1. The molecule has 9 heteroatoms. The van der Waals surface area contributed by atoms with Crippen LogP contribution in [0.3, 0.4) is 0 Å². The molecular weight excluding hydrogens is 346 g/mol. The second-order valence-electron chi connectivity index (χ2n) is 5.60. The number of ether oxygens (including phenoxy) is 1. The second kappa shape index (κ2) is 6.52. The van der Waals surface area contributed by atoms with E-state index in [1.807, 2.05) is 0 Å². The van der Waals surface area contributed by atoms with Crippen molar-refractivity contribution in [1.82, 2.24) is 4.98 Å². The van der Waals surface area contributed by atoms with Gasteiger partial charge in [-0.05, 0) is 29.8 Å². The quantitative estimate of drug-likeness (QED) is 0.846. The number of carbonyl (C=O) groups excluding carboxylic acids is 2. The van der Waals surface area contributed by atoms with Gasteiger partial charge in [-0.3, -0.25) is 9.59 Å². The number of hydrogen-bond donors (Lipinski definition) is 2. The van der Waals surface area contributed by atoms with Crippen molar-refractivity contribution >= 4 is 33.3 Å². The Labute approximate surface area is 144 Å². The van der Waals surface area contributed by atoms with Gasteiger partial charge in [0.15, 0.2) is 28.0 Å². The topological polar surface area (TPSA) is 114 Å². The van der Waals surface area contributed by atoms with E-state index in [0.29, 0.717) is 16.9 Å². The van der Waals surface area contributed by atoms with Gasteiger partial charge in [0, 0.05) is 11.8 Å². The van der Waals surface area contributed by atoms with Crippen LogP contribution in [0.1, 0.15) is 15.9 Å². The van der Waals surface area contributed by atoms with Gasteiger partial charge >= 0.3 is 0 Å². The number of rotatable bonds is 4. The Morgan fingerprint density at radius 2 is 1.96 bits per heavy atom. The smallest absolute Gasteiger partial charge is 0.263 e. The van der Waals surface area contributed by atoms with E-state index in [4.69, 9.17) is 4.74 Å². The maximum Gasteiger partial charge on any atom is 0.263 e. The van der Waals surface area contributed by atoms with E-state index in [1.165, 1.54) is 0 Å². The summed E-state index contributed by atoms with van der Waals surface area (Å²) in [7, 11) is -3.13. The van der Waals surface area contributed by atoms with Crippen molar-refractivity contribution in [1.29, 1.82) is 0 Å². The molecule has 1 aromatic heterocycles. The average molecular weight is 361 g/mol. The second-order valence-corrected chi connectivity index (χ2v) is 7.74. The minimum atomic E-state index is -3.13. The summed E-state index contributed by atoms with van der Waals surface area (Å²) in [5, 5.41) is 5.17. The monoisotopic (exact) mass is 361 g/mol. The number of amides is 2. The highest BCUT2D eigenvalue weighted by Gasteiger charge is 2.18. The van der Waals surface area contributed by atoms with Crippen LogP contribution in [0.4, 0.5) is 11.6 Å². The molecular formula is C16H15N3O5S. The molecule has 0 saturated heterocycles. The molecule has 2 N–H and O–H groups in total. The van der Waals surface area contributed by atoms with Crippen molar-refractivity contribution < 1.29 is 22.7 Å². The number of sulfone groups is 1. The van der Waals surface area contributed by atoms with Gasteiger partial charge in [0.05, 0.1) is 5.75 Å². The lowest BCUT2D eigenvalue weighted by molar-refractivity contribution is -0.118. The Kier molecular flexibility index (Phi) is 4.41. The van der Waals surface area contributed by atoms with Gasteiger partial charge < -0.3 is 15.4 Å². The van der Waals surface area contributed by atoms with Crippen molar-refractivity contribution in [2.24, 2.45) is 0 Å². The van der Waals surface area contributed by atoms with Crippen LogP contribution in [0.25, 0.3) is 0 Å². The first-order chi connectivity index (χ1) is 11.8. The zero-order valence-corrected chi connectivity index (χ0v) is 14.1. The minimum Gasteiger partial charge on any atom is -0.480 e. The first kappa shape index (κ1) is 16.9. The van der Waals surface area contributed by atoms with E-state index in [9.17, 15) is 18.0 Å². The van der Waals surface area contributed by atoms with Crippen LogP contribution < -0.4 is 15.4 Å². The fourth-order valence-electron chi connectivity index (χ4n) is 2.28. The van der Waals surface area contributed by atoms with Crippen molar-refractivity contribution in [3.05, 3.63) is 47.5 Å². The number of pyridine rings is 1. The van der Waals surface area contributed by atoms with E-state index >= 15 is 0 Å². The zero-order chi connectivity index (χ0) is 18.0. The molecule has 0 unspecified atom stereocenters. The number of carbonyl (C=O) groups is 2. The molecule has 0 aliphatic carbocycles. The van der Waals surface area contributed by atoms with Crippen LogP contribution in [0.5, 0.6) is 5.75 Å². The summed E-state index contributed by atoms with van der Waals surface area (Å²) in [6, 6.07) is 9.42. The summed E-state index contributed by atoms with van der Waals surface area (Å²) in [5.74, 6) is 0.141. The lowest BCUT2D eigenvalue weighted by atomic mass is 10.1. The molecule has 1 aliphatic heterocycles. The predicted molar refractivity (Wildman–Crippen MR) is 91.3 cm³/mol. The third-order valence-electron chi connectivity index (χ3n) is 3.36. The van der Waals surface area contributed by atoms with Gasteiger partial charge in [-0.15, -0.1) is 0 Å². The average Bonchev–Trinajstić information content (AvgIpc) is 2.53. The number of nitrogens with one attached hydrogen (secondary N) is 2. The van der Waals surface area contributed by atoms with E-state index in [-0.39, 0.29) is 29.9 Å². The number of anilines is 2. The predicted octanol–water partition coefficient (Wildman–Crippen LogP) is 1.21. The molecule has 2 amide bonds. The lowest BCUT2D eigenvalue weighted by Crippen LogP contribution is -2.26. The van der Waals surface area contributed by atoms with Crippen LogP contribution in [-0.2, 0) is 20.4 Å². The van der Waals surface area contributed by atoms with Crippen LogP contribution >= 0.6 is 0 Å². The lowest BCUT2D eigenvalue weighted by Gasteiger charge is -2.17. The highest BCUT2D eigenvalue weighted by atomic mass is 32.2. The summed E-state index contributed by atoms with van der Waals surface area (Å²) >= 11 is 0. The Morgan fingerprint density at radius 1 is 1.24 bits per heavy atom. The van der Waals surface area contributed by atoms with E-state index in [0.717, 1.165) is 6.26 Å². The van der Waals surface area contributed by atoms with Crippen LogP contribution in [0, 0.1) is 0 Å². The van der Waals surface area contributed by atoms with Gasteiger partial charge in [-0.25, -0.2) is 13.4 Å². The molecule has 0 atom stereocenters. The molecule has 1 aliphatic rings. The Hall–Kier alpha value is -2.94. The molecule has 1 aromatic carbocycles. The number of aromatic nitrogens is 1. The van der Waals surface area contributed by atoms with Crippen molar-refractivity contribution in [2.45, 2.75) is 5.75 Å². The molecule has 3 rings (SSSR count). The number of benzene rings is 1. The van der Waals surface area contributed by atoms with E-state index in [2.05, 4.69) is 15.6 Å². The number of hydrogen-bond acceptors (Lipinski definition) is 6. The molecule has 8 nitrogen and oxygen atoms in total. The van der Waals surface area contributed by atoms with Gasteiger partial charge in [-0.2, -0.15) is 0 Å². The van der Waals surface area contributed by atoms with Gasteiger partial charge in [0.1, 0.15) is 5.82 Å². The molecule has 25 heavy (non-hydrogen) atoms. The third-order valence-corrected chi connectivity index (χ3v) is 4.22. The summed E-state index contributed by atoms with van der Waals surface area (Å²) in [6.45, 7) is -0.0692.